The number of ether oxygens (including phenoxy) is 1. The standard InChI is InChI=1S/C26H29N3O5/c1-34-15-5-12-27-23(30)19-10-13-28(14-11-19)24(31)20-8-9-21-22(16-20)26(33)29(25(21)32)17-18-6-3-2-4-7-18/h2-4,6-9,16,19H,5,10-15,17H2,1H3,(H,27,30). The Bertz CT molecular complexity index is 1080. The van der Waals surface area contributed by atoms with Crippen molar-refractivity contribution in [3.8, 4) is 0 Å². The zero-order valence-corrected chi connectivity index (χ0v) is 19.3. The van der Waals surface area contributed by atoms with Crippen LogP contribution < -0.4 is 5.32 Å². The summed E-state index contributed by atoms with van der Waals surface area (Å²) in [5.41, 5.74) is 1.82. The van der Waals surface area contributed by atoms with Crippen LogP contribution in [-0.4, -0.2) is 66.8 Å². The molecule has 0 spiro atoms. The molecule has 0 saturated carbocycles. The van der Waals surface area contributed by atoms with Crippen molar-refractivity contribution in [1.29, 1.82) is 0 Å². The number of nitrogens with zero attached hydrogens (tertiary/aromatic N) is 2. The molecule has 4 amide bonds. The molecule has 0 unspecified atom stereocenters. The molecule has 2 aromatic carbocycles. The topological polar surface area (TPSA) is 96.0 Å². The number of nitrogens with one attached hydrogen (secondary N) is 1. The second-order valence-corrected chi connectivity index (χ2v) is 8.65. The maximum Gasteiger partial charge on any atom is 0.261 e. The van der Waals surface area contributed by atoms with Crippen molar-refractivity contribution in [2.45, 2.75) is 25.8 Å². The van der Waals surface area contributed by atoms with E-state index in [-0.39, 0.29) is 41.7 Å². The maximum atomic E-state index is 13.1. The third-order valence-corrected chi connectivity index (χ3v) is 6.38. The monoisotopic (exact) mass is 463 g/mol. The minimum atomic E-state index is -0.387. The van der Waals surface area contributed by atoms with Gasteiger partial charge in [-0.25, -0.2) is 0 Å². The smallest absolute Gasteiger partial charge is 0.261 e. The number of fused-ring (bicyclic) bond motifs is 1. The summed E-state index contributed by atoms with van der Waals surface area (Å²) >= 11 is 0. The molecule has 0 aliphatic carbocycles. The lowest BCUT2D eigenvalue weighted by atomic mass is 9.95. The molecule has 178 valence electrons. The molecule has 0 bridgehead atoms. The minimum absolute atomic E-state index is 0.0170. The number of benzene rings is 2. The molecule has 8 nitrogen and oxygen atoms in total. The summed E-state index contributed by atoms with van der Waals surface area (Å²) in [7, 11) is 1.63. The van der Waals surface area contributed by atoms with Gasteiger partial charge in [-0.3, -0.25) is 24.1 Å². The molecule has 0 aromatic heterocycles. The summed E-state index contributed by atoms with van der Waals surface area (Å²) in [5, 5.41) is 2.93. The van der Waals surface area contributed by atoms with Gasteiger partial charge >= 0.3 is 0 Å². The number of amides is 4. The molecule has 8 heteroatoms. The lowest BCUT2D eigenvalue weighted by Crippen LogP contribution is -2.43. The SMILES string of the molecule is COCCCNC(=O)C1CCN(C(=O)c2ccc3c(c2)C(=O)N(Cc2ccccc2)C3=O)CC1. The summed E-state index contributed by atoms with van der Waals surface area (Å²) in [5.74, 6) is -1.02. The molecular weight excluding hydrogens is 434 g/mol. The van der Waals surface area contributed by atoms with E-state index in [1.807, 2.05) is 30.3 Å². The van der Waals surface area contributed by atoms with E-state index in [1.165, 1.54) is 11.0 Å². The molecule has 2 aliphatic heterocycles. The number of methoxy groups -OCH3 is 1. The van der Waals surface area contributed by atoms with Gasteiger partial charge in [0.1, 0.15) is 0 Å². The largest absolute Gasteiger partial charge is 0.385 e. The quantitative estimate of drug-likeness (QED) is 0.479. The third-order valence-electron chi connectivity index (χ3n) is 6.38. The van der Waals surface area contributed by atoms with Gasteiger partial charge in [0, 0.05) is 44.8 Å². The number of hydrogen-bond acceptors (Lipinski definition) is 5. The first-order chi connectivity index (χ1) is 16.5. The van der Waals surface area contributed by atoms with Gasteiger partial charge in [0.15, 0.2) is 0 Å². The molecule has 2 aliphatic rings. The van der Waals surface area contributed by atoms with Crippen LogP contribution in [0.3, 0.4) is 0 Å². The number of imide groups is 1. The molecule has 0 atom stereocenters. The van der Waals surface area contributed by atoms with Crippen molar-refractivity contribution >= 4 is 23.6 Å². The highest BCUT2D eigenvalue weighted by atomic mass is 16.5. The van der Waals surface area contributed by atoms with Crippen LogP contribution in [0.15, 0.2) is 48.5 Å². The van der Waals surface area contributed by atoms with Crippen LogP contribution in [0.25, 0.3) is 0 Å². The first-order valence-corrected chi connectivity index (χ1v) is 11.6. The van der Waals surface area contributed by atoms with E-state index < -0.39 is 0 Å². The predicted octanol–water partition coefficient (Wildman–Crippen LogP) is 2.49. The lowest BCUT2D eigenvalue weighted by molar-refractivity contribution is -0.126. The van der Waals surface area contributed by atoms with Crippen LogP contribution in [0.2, 0.25) is 0 Å². The van der Waals surface area contributed by atoms with Crippen molar-refractivity contribution in [3.05, 3.63) is 70.8 Å². The van der Waals surface area contributed by atoms with Gasteiger partial charge in [-0.05, 0) is 43.0 Å². The third kappa shape index (κ3) is 5.02. The summed E-state index contributed by atoms with van der Waals surface area (Å²) in [6.07, 6.45) is 1.95. The average molecular weight is 464 g/mol. The fourth-order valence-electron chi connectivity index (χ4n) is 4.43. The predicted molar refractivity (Wildman–Crippen MR) is 125 cm³/mol. The molecule has 2 heterocycles. The van der Waals surface area contributed by atoms with E-state index >= 15 is 0 Å². The fourth-order valence-corrected chi connectivity index (χ4v) is 4.43. The average Bonchev–Trinajstić information content (AvgIpc) is 3.11. The Morgan fingerprint density at radius 1 is 1.00 bits per heavy atom. The van der Waals surface area contributed by atoms with E-state index in [0.29, 0.717) is 50.2 Å². The van der Waals surface area contributed by atoms with E-state index in [0.717, 1.165) is 12.0 Å². The van der Waals surface area contributed by atoms with Crippen LogP contribution in [0, 0.1) is 5.92 Å². The van der Waals surface area contributed by atoms with Crippen molar-refractivity contribution < 1.29 is 23.9 Å². The summed E-state index contributed by atoms with van der Waals surface area (Å²) in [4.78, 5) is 54.0. The van der Waals surface area contributed by atoms with E-state index in [9.17, 15) is 19.2 Å². The highest BCUT2D eigenvalue weighted by Crippen LogP contribution is 2.27. The Kier molecular flexibility index (Phi) is 7.37. The molecule has 1 saturated heterocycles. The number of piperidine rings is 1. The van der Waals surface area contributed by atoms with Crippen molar-refractivity contribution in [2.24, 2.45) is 5.92 Å². The molecule has 1 fully saturated rings. The van der Waals surface area contributed by atoms with Crippen molar-refractivity contribution in [2.75, 3.05) is 33.4 Å². The van der Waals surface area contributed by atoms with E-state index in [1.54, 1.807) is 24.1 Å². The Morgan fingerprint density at radius 2 is 1.71 bits per heavy atom. The lowest BCUT2D eigenvalue weighted by Gasteiger charge is -2.31. The Morgan fingerprint density at radius 3 is 2.41 bits per heavy atom. The molecule has 2 aromatic rings. The molecule has 4 rings (SSSR count). The van der Waals surface area contributed by atoms with Gasteiger partial charge in [-0.15, -0.1) is 0 Å². The number of likely N-dealkylation sites (tertiary alicyclic amines) is 1. The van der Waals surface area contributed by atoms with Gasteiger partial charge in [-0.1, -0.05) is 30.3 Å². The van der Waals surface area contributed by atoms with Gasteiger partial charge in [-0.2, -0.15) is 0 Å². The maximum absolute atomic E-state index is 13.1. The summed E-state index contributed by atoms with van der Waals surface area (Å²) in [6.45, 7) is 2.32. The van der Waals surface area contributed by atoms with Crippen LogP contribution in [0.4, 0.5) is 0 Å². The van der Waals surface area contributed by atoms with Crippen LogP contribution in [0.1, 0.15) is 55.9 Å². The van der Waals surface area contributed by atoms with Crippen molar-refractivity contribution in [3.63, 3.8) is 0 Å². The second-order valence-electron chi connectivity index (χ2n) is 8.65. The Hall–Kier alpha value is -3.52. The molecule has 0 radical (unpaired) electrons. The second kappa shape index (κ2) is 10.6. The van der Waals surface area contributed by atoms with Gasteiger partial charge in [0.2, 0.25) is 5.91 Å². The van der Waals surface area contributed by atoms with Gasteiger partial charge in [0.25, 0.3) is 17.7 Å². The molecule has 34 heavy (non-hydrogen) atoms. The van der Waals surface area contributed by atoms with Gasteiger partial charge in [0.05, 0.1) is 17.7 Å². The number of carbonyl (C=O) groups is 4. The highest BCUT2D eigenvalue weighted by molar-refractivity contribution is 6.22. The Balaban J connectivity index is 1.37. The van der Waals surface area contributed by atoms with Crippen LogP contribution >= 0.6 is 0 Å². The van der Waals surface area contributed by atoms with Gasteiger partial charge < -0.3 is 15.0 Å². The first-order valence-electron chi connectivity index (χ1n) is 11.6. The molecule has 1 N–H and O–H groups in total. The van der Waals surface area contributed by atoms with Crippen molar-refractivity contribution in [1.82, 2.24) is 15.1 Å². The van der Waals surface area contributed by atoms with Crippen LogP contribution in [0.5, 0.6) is 0 Å². The number of rotatable bonds is 8. The number of hydrogen-bond donors (Lipinski definition) is 1. The summed E-state index contributed by atoms with van der Waals surface area (Å²) < 4.78 is 4.99. The Labute approximate surface area is 198 Å². The molecular formula is C26H29N3O5. The number of carbonyl (C=O) groups excluding carboxylic acids is 4. The highest BCUT2D eigenvalue weighted by Gasteiger charge is 2.36. The first kappa shape index (κ1) is 23.6. The minimum Gasteiger partial charge on any atom is -0.385 e. The van der Waals surface area contributed by atoms with E-state index in [2.05, 4.69) is 5.32 Å². The normalized spacial score (nSPS) is 16.0. The van der Waals surface area contributed by atoms with Crippen LogP contribution in [-0.2, 0) is 16.1 Å². The fraction of sp³-hybridized carbons (Fsp3) is 0.385. The van der Waals surface area contributed by atoms with E-state index in [4.69, 9.17) is 4.74 Å². The zero-order valence-electron chi connectivity index (χ0n) is 19.3. The summed E-state index contributed by atoms with van der Waals surface area (Å²) in [6, 6.07) is 14.0. The zero-order chi connectivity index (χ0) is 24.1.